The monoisotopic (exact) mass is 535 g/mol. The second-order valence-electron chi connectivity index (χ2n) is 10.4. The van der Waals surface area contributed by atoms with Crippen molar-refractivity contribution in [2.24, 2.45) is 0 Å². The van der Waals surface area contributed by atoms with Gasteiger partial charge in [-0.3, -0.25) is 4.79 Å². The normalized spacial score (nSPS) is 14.1. The Bertz CT molecular complexity index is 1220. The van der Waals surface area contributed by atoms with Gasteiger partial charge < -0.3 is 19.4 Å². The predicted octanol–water partition coefficient (Wildman–Crippen LogP) is 5.09. The molecule has 2 heterocycles. The first-order valence-electron chi connectivity index (χ1n) is 14.1. The number of benzene rings is 2. The lowest BCUT2D eigenvalue weighted by Crippen LogP contribution is -2.45. The minimum absolute atomic E-state index is 0.00428. The van der Waals surface area contributed by atoms with Gasteiger partial charge in [-0.25, -0.2) is 9.07 Å². The van der Waals surface area contributed by atoms with E-state index in [4.69, 9.17) is 9.84 Å². The molecule has 1 aliphatic rings. The molecule has 0 unspecified atom stereocenters. The van der Waals surface area contributed by atoms with Crippen LogP contribution in [0.15, 0.2) is 48.5 Å². The number of rotatable bonds is 12. The van der Waals surface area contributed by atoms with Gasteiger partial charge in [0.2, 0.25) is 0 Å². The second-order valence-corrected chi connectivity index (χ2v) is 10.4. The van der Waals surface area contributed by atoms with Crippen LogP contribution in [0.2, 0.25) is 0 Å². The third kappa shape index (κ3) is 7.25. The van der Waals surface area contributed by atoms with Gasteiger partial charge in [-0.1, -0.05) is 31.5 Å². The van der Waals surface area contributed by atoms with Gasteiger partial charge in [0.15, 0.2) is 0 Å². The molecule has 1 fully saturated rings. The van der Waals surface area contributed by atoms with E-state index in [-0.39, 0.29) is 11.7 Å². The fourth-order valence-electron chi connectivity index (χ4n) is 5.08. The lowest BCUT2D eigenvalue weighted by Gasteiger charge is -2.35. The molecule has 210 valence electrons. The number of methoxy groups -OCH3 is 1. The largest absolute Gasteiger partial charge is 0.385 e. The molecule has 0 radical (unpaired) electrons. The van der Waals surface area contributed by atoms with Crippen molar-refractivity contribution in [2.45, 2.75) is 46.1 Å². The Kier molecular flexibility index (Phi) is 10.1. The van der Waals surface area contributed by atoms with Crippen molar-refractivity contribution in [3.63, 3.8) is 0 Å². The third-order valence-corrected chi connectivity index (χ3v) is 7.45. The summed E-state index contributed by atoms with van der Waals surface area (Å²) in [6.45, 7) is 9.24. The molecular formula is C31H42FN5O2. The molecule has 0 aliphatic carbocycles. The first kappa shape index (κ1) is 28.8. The van der Waals surface area contributed by atoms with Crippen LogP contribution in [0.3, 0.4) is 0 Å². The van der Waals surface area contributed by atoms with Crippen LogP contribution in [0.4, 0.5) is 10.2 Å². The van der Waals surface area contributed by atoms with Crippen LogP contribution in [-0.4, -0.2) is 79.0 Å². The predicted molar refractivity (Wildman–Crippen MR) is 154 cm³/mol. The highest BCUT2D eigenvalue weighted by molar-refractivity contribution is 5.94. The van der Waals surface area contributed by atoms with Gasteiger partial charge in [-0.05, 0) is 69.1 Å². The Morgan fingerprint density at radius 2 is 1.82 bits per heavy atom. The van der Waals surface area contributed by atoms with E-state index < -0.39 is 0 Å². The van der Waals surface area contributed by atoms with Gasteiger partial charge in [0.25, 0.3) is 5.91 Å². The quantitative estimate of drug-likeness (QED) is 0.302. The molecule has 2 aromatic carbocycles. The summed E-state index contributed by atoms with van der Waals surface area (Å²) >= 11 is 0. The first-order valence-corrected chi connectivity index (χ1v) is 14.1. The molecule has 7 nitrogen and oxygen atoms in total. The summed E-state index contributed by atoms with van der Waals surface area (Å²) in [6.07, 6.45) is 4.04. The fourth-order valence-corrected chi connectivity index (χ4v) is 5.08. The number of aromatic nitrogens is 2. The summed E-state index contributed by atoms with van der Waals surface area (Å²) in [5.41, 5.74) is 4.45. The van der Waals surface area contributed by atoms with Crippen molar-refractivity contribution >= 4 is 11.7 Å². The number of halogens is 1. The van der Waals surface area contributed by atoms with Crippen LogP contribution in [0, 0.1) is 12.7 Å². The number of amides is 1. The van der Waals surface area contributed by atoms with E-state index >= 15 is 0 Å². The first-order chi connectivity index (χ1) is 18.9. The number of hydrogen-bond donors (Lipinski definition) is 0. The molecule has 39 heavy (non-hydrogen) atoms. The summed E-state index contributed by atoms with van der Waals surface area (Å²) in [6, 6.07) is 14.6. The summed E-state index contributed by atoms with van der Waals surface area (Å²) in [7, 11) is 3.80. The molecule has 0 spiro atoms. The van der Waals surface area contributed by atoms with Crippen LogP contribution in [-0.2, 0) is 17.7 Å². The average Bonchev–Trinajstić information content (AvgIpc) is 3.27. The molecule has 0 atom stereocenters. The number of carbonyl (C=O) groups excluding carboxylic acids is 1. The van der Waals surface area contributed by atoms with Crippen molar-refractivity contribution in [3.05, 3.63) is 76.7 Å². The van der Waals surface area contributed by atoms with Crippen molar-refractivity contribution in [2.75, 3.05) is 58.4 Å². The average molecular weight is 536 g/mol. The zero-order chi connectivity index (χ0) is 27.8. The molecule has 3 aromatic rings. The van der Waals surface area contributed by atoms with Gasteiger partial charge in [0, 0.05) is 57.6 Å². The summed E-state index contributed by atoms with van der Waals surface area (Å²) in [5.74, 6) is 0.631. The summed E-state index contributed by atoms with van der Waals surface area (Å²) < 4.78 is 21.4. The Hall–Kier alpha value is -3.23. The van der Waals surface area contributed by atoms with E-state index in [1.54, 1.807) is 13.2 Å². The van der Waals surface area contributed by atoms with Crippen molar-refractivity contribution in [3.8, 4) is 5.69 Å². The zero-order valence-corrected chi connectivity index (χ0v) is 23.8. The smallest absolute Gasteiger partial charge is 0.254 e. The summed E-state index contributed by atoms with van der Waals surface area (Å²) in [4.78, 5) is 20.3. The Morgan fingerprint density at radius 3 is 2.49 bits per heavy atom. The standard InChI is InChI=1S/C31H42FN5O2/c1-5-6-9-25-12-14-26(15-13-25)31(38)36(16-8-21-39-4)23-29-24(2)33-37(28-11-7-10-27(32)22-28)30(29)35-19-17-34(3)18-20-35/h7,10-15,22H,5-6,8-9,16-21,23H2,1-4H3. The molecule has 0 N–H and O–H groups in total. The number of aryl methyl sites for hydroxylation is 2. The van der Waals surface area contributed by atoms with E-state index in [2.05, 4.69) is 35.9 Å². The SMILES string of the molecule is CCCCc1ccc(C(=O)N(CCCOC)Cc2c(C)nn(-c3cccc(F)c3)c2N2CCN(C)CC2)cc1. The van der Waals surface area contributed by atoms with Crippen LogP contribution in [0.5, 0.6) is 0 Å². The number of unbranched alkanes of at least 4 members (excludes halogenated alkanes) is 1. The van der Waals surface area contributed by atoms with Crippen molar-refractivity contribution in [1.82, 2.24) is 19.6 Å². The van der Waals surface area contributed by atoms with Gasteiger partial charge in [0.1, 0.15) is 11.6 Å². The number of piperazine rings is 1. The maximum absolute atomic E-state index is 14.2. The summed E-state index contributed by atoms with van der Waals surface area (Å²) in [5, 5.41) is 4.87. The van der Waals surface area contributed by atoms with Gasteiger partial charge in [-0.2, -0.15) is 5.10 Å². The number of hydrogen-bond acceptors (Lipinski definition) is 5. The highest BCUT2D eigenvalue weighted by Crippen LogP contribution is 2.30. The minimum atomic E-state index is -0.301. The molecule has 4 rings (SSSR count). The van der Waals surface area contributed by atoms with Crippen molar-refractivity contribution in [1.29, 1.82) is 0 Å². The maximum Gasteiger partial charge on any atom is 0.254 e. The molecule has 1 aromatic heterocycles. The minimum Gasteiger partial charge on any atom is -0.385 e. The molecule has 0 saturated carbocycles. The molecule has 1 amide bonds. The lowest BCUT2D eigenvalue weighted by atomic mass is 10.1. The highest BCUT2D eigenvalue weighted by Gasteiger charge is 2.27. The van der Waals surface area contributed by atoms with E-state index in [1.165, 1.54) is 17.7 Å². The Balaban J connectivity index is 1.69. The van der Waals surface area contributed by atoms with Gasteiger partial charge in [-0.15, -0.1) is 0 Å². The molecule has 0 bridgehead atoms. The van der Waals surface area contributed by atoms with Gasteiger partial charge in [0.05, 0.1) is 17.9 Å². The number of likely N-dealkylation sites (N-methyl/N-ethyl adjacent to an activating group) is 1. The molecule has 8 heteroatoms. The number of carbonyl (C=O) groups is 1. The molecule has 1 saturated heterocycles. The lowest BCUT2D eigenvalue weighted by molar-refractivity contribution is 0.0723. The van der Waals surface area contributed by atoms with E-state index in [9.17, 15) is 9.18 Å². The topological polar surface area (TPSA) is 53.8 Å². The number of ether oxygens (including phenoxy) is 1. The number of anilines is 1. The zero-order valence-electron chi connectivity index (χ0n) is 23.8. The maximum atomic E-state index is 14.2. The Morgan fingerprint density at radius 1 is 1.08 bits per heavy atom. The molecular weight excluding hydrogens is 493 g/mol. The molecule has 1 aliphatic heterocycles. The van der Waals surface area contributed by atoms with Crippen LogP contribution < -0.4 is 4.90 Å². The van der Waals surface area contributed by atoms with Crippen LogP contribution in [0.1, 0.15) is 53.4 Å². The Labute approximate surface area is 232 Å². The van der Waals surface area contributed by atoms with Crippen LogP contribution in [0.25, 0.3) is 5.69 Å². The third-order valence-electron chi connectivity index (χ3n) is 7.45. The fraction of sp³-hybridized carbons (Fsp3) is 0.484. The van der Waals surface area contributed by atoms with E-state index in [0.29, 0.717) is 30.9 Å². The van der Waals surface area contributed by atoms with E-state index in [1.807, 2.05) is 34.7 Å². The highest BCUT2D eigenvalue weighted by atomic mass is 19.1. The van der Waals surface area contributed by atoms with Crippen molar-refractivity contribution < 1.29 is 13.9 Å². The second kappa shape index (κ2) is 13.7. The van der Waals surface area contributed by atoms with Crippen LogP contribution >= 0.6 is 0 Å². The number of nitrogens with zero attached hydrogens (tertiary/aromatic N) is 5. The van der Waals surface area contributed by atoms with Gasteiger partial charge >= 0.3 is 0 Å². The van der Waals surface area contributed by atoms with E-state index in [0.717, 1.165) is 68.9 Å².